The number of amides is 4. The Labute approximate surface area is 356 Å². The second kappa shape index (κ2) is 17.4. The number of nitrogens with zero attached hydrogens (tertiary/aromatic N) is 4. The highest BCUT2D eigenvalue weighted by Crippen LogP contribution is 2.45. The molecule has 3 aliphatic rings. The highest BCUT2D eigenvalue weighted by atomic mass is 16.5. The molecule has 4 N–H and O–H groups in total. The molecule has 2 aliphatic heterocycles. The summed E-state index contributed by atoms with van der Waals surface area (Å²) in [5, 5.41) is 7.59. The maximum Gasteiger partial charge on any atom is 0.407 e. The Morgan fingerprint density at radius 1 is 0.721 bits per heavy atom. The number of nitrogens with one attached hydrogen (secondary N) is 4. The Kier molecular flexibility index (Phi) is 11.9. The number of hydrogen-bond acceptors (Lipinski definition) is 8. The van der Waals surface area contributed by atoms with Crippen LogP contribution in [-0.2, 0) is 19.1 Å². The van der Waals surface area contributed by atoms with Crippen LogP contribution in [0.4, 0.5) is 9.59 Å². The summed E-state index contributed by atoms with van der Waals surface area (Å²) in [5.41, 5.74) is 5.62. The number of methoxy groups -OCH3 is 2. The van der Waals surface area contributed by atoms with Crippen molar-refractivity contribution >= 4 is 34.8 Å². The Morgan fingerprint density at radius 3 is 1.84 bits per heavy atom. The summed E-state index contributed by atoms with van der Waals surface area (Å²) in [7, 11) is 2.61. The zero-order valence-electron chi connectivity index (χ0n) is 35.6. The summed E-state index contributed by atoms with van der Waals surface area (Å²) in [6, 6.07) is 20.1. The van der Waals surface area contributed by atoms with E-state index in [1.165, 1.54) is 14.2 Å². The quantitative estimate of drug-likeness (QED) is 0.109. The normalized spacial score (nSPS) is 21.6. The number of benzene rings is 3. The fraction of sp³-hybridized carbons (Fsp3) is 0.447. The number of aromatic nitrogens is 4. The summed E-state index contributed by atoms with van der Waals surface area (Å²) < 4.78 is 9.56. The molecule has 14 nitrogen and oxygen atoms in total. The number of H-pyrrole nitrogens is 2. The zero-order chi connectivity index (χ0) is 42.8. The first-order chi connectivity index (χ1) is 29.4. The zero-order valence-corrected chi connectivity index (χ0v) is 35.6. The monoisotopic (exact) mass is 828 g/mol. The number of piperidine rings is 2. The fourth-order valence-electron chi connectivity index (χ4n) is 9.35. The Morgan fingerprint density at radius 2 is 1.25 bits per heavy atom. The minimum absolute atomic E-state index is 0.0763. The average molecular weight is 829 g/mol. The number of hydrogen-bond donors (Lipinski definition) is 4. The van der Waals surface area contributed by atoms with E-state index in [1.54, 1.807) is 0 Å². The number of carbonyl (C=O) groups excluding carboxylic acids is 4. The largest absolute Gasteiger partial charge is 0.453 e. The van der Waals surface area contributed by atoms with Crippen molar-refractivity contribution in [3.05, 3.63) is 84.7 Å². The van der Waals surface area contributed by atoms with E-state index < -0.39 is 18.2 Å². The molecule has 61 heavy (non-hydrogen) atoms. The van der Waals surface area contributed by atoms with E-state index >= 15 is 0 Å². The number of rotatable bonds is 10. The predicted molar refractivity (Wildman–Crippen MR) is 232 cm³/mol. The third kappa shape index (κ3) is 8.71. The maximum atomic E-state index is 14.2. The summed E-state index contributed by atoms with van der Waals surface area (Å²) in [6.07, 6.45) is 8.75. The number of likely N-dealkylation sites (tertiary alicyclic amines) is 2. The first-order valence-electron chi connectivity index (χ1n) is 21.4. The van der Waals surface area contributed by atoms with Crippen LogP contribution in [0.3, 0.4) is 0 Å². The number of alkyl carbamates (subject to hydrolysis) is 2. The number of aromatic amines is 2. The fourth-order valence-corrected chi connectivity index (χ4v) is 9.35. The van der Waals surface area contributed by atoms with Crippen LogP contribution in [0.15, 0.2) is 73.1 Å². The van der Waals surface area contributed by atoms with Crippen LogP contribution in [0.5, 0.6) is 0 Å². The molecular weight excluding hydrogens is 773 g/mol. The first kappa shape index (κ1) is 41.5. The van der Waals surface area contributed by atoms with E-state index in [0.29, 0.717) is 24.9 Å². The minimum atomic E-state index is -0.655. The smallest absolute Gasteiger partial charge is 0.407 e. The lowest BCUT2D eigenvalue weighted by atomic mass is 9.65. The van der Waals surface area contributed by atoms with Crippen molar-refractivity contribution in [1.29, 1.82) is 0 Å². The van der Waals surface area contributed by atoms with Crippen LogP contribution < -0.4 is 10.6 Å². The topological polar surface area (TPSA) is 175 Å². The van der Waals surface area contributed by atoms with Crippen LogP contribution >= 0.6 is 0 Å². The molecular formula is C47H56N8O6. The first-order valence-corrected chi connectivity index (χ1v) is 21.4. The third-order valence-corrected chi connectivity index (χ3v) is 13.2. The van der Waals surface area contributed by atoms with Gasteiger partial charge in [-0.15, -0.1) is 0 Å². The van der Waals surface area contributed by atoms with E-state index in [2.05, 4.69) is 107 Å². The lowest BCUT2D eigenvalue weighted by Crippen LogP contribution is -2.60. The van der Waals surface area contributed by atoms with Crippen LogP contribution in [0, 0.1) is 17.3 Å². The van der Waals surface area contributed by atoms with E-state index in [1.807, 2.05) is 22.2 Å². The SMILES string of the molecule is COC(=O)NCC(=O)N1C[C@@H](C)CC[C@H]1c1ncc(-c2ccc3cc(-c4ccc(-c5cnc([C@@H]6CC[C@H](C)CN6C(=O)[C@@H](NC(=O)OC)C6(C)CCC6)[nH]5)cc4)ccc3c2)[nH]1. The van der Waals surface area contributed by atoms with Crippen molar-refractivity contribution in [3.8, 4) is 33.6 Å². The van der Waals surface area contributed by atoms with E-state index in [4.69, 9.17) is 14.7 Å². The van der Waals surface area contributed by atoms with Crippen molar-refractivity contribution in [3.63, 3.8) is 0 Å². The molecule has 1 saturated carbocycles. The van der Waals surface area contributed by atoms with Gasteiger partial charge in [0, 0.05) is 18.7 Å². The minimum Gasteiger partial charge on any atom is -0.453 e. The lowest BCUT2D eigenvalue weighted by Gasteiger charge is -2.47. The van der Waals surface area contributed by atoms with Gasteiger partial charge < -0.3 is 39.9 Å². The van der Waals surface area contributed by atoms with Crippen LogP contribution in [0.25, 0.3) is 44.4 Å². The Bertz CT molecular complexity index is 2400. The summed E-state index contributed by atoms with van der Waals surface area (Å²) in [6.45, 7) is 7.43. The van der Waals surface area contributed by atoms with Gasteiger partial charge in [0.15, 0.2) is 0 Å². The molecule has 5 aromatic rings. The highest BCUT2D eigenvalue weighted by molar-refractivity contribution is 5.91. The molecule has 3 aromatic carbocycles. The van der Waals surface area contributed by atoms with Gasteiger partial charge in [0.25, 0.3) is 0 Å². The molecule has 320 valence electrons. The lowest BCUT2D eigenvalue weighted by molar-refractivity contribution is -0.143. The van der Waals surface area contributed by atoms with Gasteiger partial charge in [-0.2, -0.15) is 0 Å². The number of fused-ring (bicyclic) bond motifs is 1. The number of carbonyl (C=O) groups is 4. The maximum absolute atomic E-state index is 14.2. The summed E-state index contributed by atoms with van der Waals surface area (Å²) in [4.78, 5) is 71.6. The molecule has 14 heteroatoms. The molecule has 3 fully saturated rings. The Hall–Kier alpha value is -6.18. The number of imidazole rings is 2. The average Bonchev–Trinajstić information content (AvgIpc) is 3.97. The van der Waals surface area contributed by atoms with Crippen molar-refractivity contribution in [1.82, 2.24) is 40.4 Å². The van der Waals surface area contributed by atoms with Crippen LogP contribution in [0.1, 0.15) is 89.4 Å². The second-order valence-electron chi connectivity index (χ2n) is 17.6. The van der Waals surface area contributed by atoms with Gasteiger partial charge in [-0.25, -0.2) is 19.6 Å². The standard InChI is InChI=1S/C47H56N8O6/c1-28-7-17-38(54(26-28)40(56)25-50-45(58)60-4)42-49-24-37(52-42)35-16-15-33-21-32(13-14-34(33)22-35)30-9-11-31(12-10-30)36-23-48-43(51-36)39-18-8-29(2)27-55(39)44(57)41(53-46(59)61-5)47(3)19-6-20-47/h9-16,21-24,28-29,38-39,41H,6-8,17-20,25-27H2,1-5H3,(H,48,51)(H,49,52)(H,50,58)(H,53,59)/t28-,29-,38-,39-,41+/m0/s1. The van der Waals surface area contributed by atoms with Gasteiger partial charge in [-0.05, 0) is 95.4 Å². The molecule has 4 amide bonds. The third-order valence-electron chi connectivity index (χ3n) is 13.2. The summed E-state index contributed by atoms with van der Waals surface area (Å²) in [5.74, 6) is 1.92. The molecule has 5 atom stereocenters. The van der Waals surface area contributed by atoms with Gasteiger partial charge in [-0.3, -0.25) is 9.59 Å². The van der Waals surface area contributed by atoms with Gasteiger partial charge in [0.1, 0.15) is 24.2 Å². The molecule has 0 radical (unpaired) electrons. The van der Waals surface area contributed by atoms with Crippen molar-refractivity contribution in [2.45, 2.75) is 83.8 Å². The second-order valence-corrected chi connectivity index (χ2v) is 17.6. The summed E-state index contributed by atoms with van der Waals surface area (Å²) >= 11 is 0. The molecule has 2 aromatic heterocycles. The molecule has 8 rings (SSSR count). The molecule has 2 saturated heterocycles. The molecule has 1 aliphatic carbocycles. The van der Waals surface area contributed by atoms with Gasteiger partial charge in [-0.1, -0.05) is 75.7 Å². The Balaban J connectivity index is 0.954. The van der Waals surface area contributed by atoms with Crippen LogP contribution in [0.2, 0.25) is 0 Å². The van der Waals surface area contributed by atoms with Crippen molar-refractivity contribution < 1.29 is 28.7 Å². The van der Waals surface area contributed by atoms with Crippen LogP contribution in [-0.4, -0.2) is 93.6 Å². The van der Waals surface area contributed by atoms with E-state index in [9.17, 15) is 19.2 Å². The van der Waals surface area contributed by atoms with Gasteiger partial charge in [0.05, 0.1) is 50.1 Å². The van der Waals surface area contributed by atoms with Gasteiger partial charge >= 0.3 is 12.2 Å². The van der Waals surface area contributed by atoms with Crippen molar-refractivity contribution in [2.75, 3.05) is 33.9 Å². The van der Waals surface area contributed by atoms with E-state index in [0.717, 1.165) is 101 Å². The molecule has 0 spiro atoms. The van der Waals surface area contributed by atoms with E-state index in [-0.39, 0.29) is 35.9 Å². The predicted octanol–water partition coefficient (Wildman–Crippen LogP) is 8.16. The van der Waals surface area contributed by atoms with Gasteiger partial charge in [0.2, 0.25) is 11.8 Å². The number of ether oxygens (including phenoxy) is 2. The molecule has 0 unspecified atom stereocenters. The van der Waals surface area contributed by atoms with Crippen molar-refractivity contribution in [2.24, 2.45) is 17.3 Å². The highest BCUT2D eigenvalue weighted by Gasteiger charge is 2.48. The molecule has 0 bridgehead atoms. The molecule has 4 heterocycles.